The normalized spacial score (nSPS) is 10.6. The minimum Gasteiger partial charge on any atom is -0.281 e. The van der Waals surface area contributed by atoms with Crippen molar-refractivity contribution in [2.45, 2.75) is 0 Å². The van der Waals surface area contributed by atoms with Crippen molar-refractivity contribution >= 4 is 21.4 Å². The van der Waals surface area contributed by atoms with E-state index in [9.17, 15) is 12.8 Å². The van der Waals surface area contributed by atoms with Gasteiger partial charge in [0, 0.05) is 0 Å². The van der Waals surface area contributed by atoms with Crippen LogP contribution in [0.25, 0.3) is 4.85 Å². The molecule has 0 bridgehead atoms. The van der Waals surface area contributed by atoms with Crippen LogP contribution >= 0.6 is 0 Å². The largest absolute Gasteiger partial charge is 0.281 e. The average molecular weight is 214 g/mol. The zero-order chi connectivity index (χ0) is 10.8. The topological polar surface area (TPSA) is 50.5 Å². The number of sulfonamides is 1. The summed E-state index contributed by atoms with van der Waals surface area (Å²) in [6, 6.07) is 3.52. The van der Waals surface area contributed by atoms with E-state index in [0.29, 0.717) is 0 Å². The van der Waals surface area contributed by atoms with Gasteiger partial charge in [-0.3, -0.25) is 4.72 Å². The number of hydrogen-bond acceptors (Lipinski definition) is 2. The number of anilines is 1. The molecule has 0 spiro atoms. The molecule has 0 saturated heterocycles. The summed E-state index contributed by atoms with van der Waals surface area (Å²) < 4.78 is 36.6. The smallest absolute Gasteiger partial charge is 0.229 e. The SMILES string of the molecule is [C-]#[N+]c1ccc(NS(C)(=O)=O)c(F)c1. The third kappa shape index (κ3) is 2.71. The van der Waals surface area contributed by atoms with E-state index in [1.54, 1.807) is 0 Å². The summed E-state index contributed by atoms with van der Waals surface area (Å²) in [5.74, 6) is -0.760. The Morgan fingerprint density at radius 3 is 2.57 bits per heavy atom. The van der Waals surface area contributed by atoms with Crippen LogP contribution in [0.3, 0.4) is 0 Å². The Bertz CT molecular complexity index is 491. The van der Waals surface area contributed by atoms with Gasteiger partial charge in [-0.15, -0.1) is 0 Å². The van der Waals surface area contributed by atoms with E-state index in [4.69, 9.17) is 6.57 Å². The summed E-state index contributed by atoms with van der Waals surface area (Å²) in [7, 11) is -3.49. The van der Waals surface area contributed by atoms with Gasteiger partial charge in [-0.1, -0.05) is 6.07 Å². The van der Waals surface area contributed by atoms with Crippen LogP contribution in [0.2, 0.25) is 0 Å². The third-order valence-electron chi connectivity index (χ3n) is 1.38. The van der Waals surface area contributed by atoms with Crippen LogP contribution in [0.5, 0.6) is 0 Å². The molecule has 0 heterocycles. The maximum Gasteiger partial charge on any atom is 0.229 e. The van der Waals surface area contributed by atoms with Gasteiger partial charge in [-0.25, -0.2) is 17.7 Å². The second kappa shape index (κ2) is 3.64. The molecule has 0 aliphatic heterocycles. The van der Waals surface area contributed by atoms with Crippen molar-refractivity contribution in [2.75, 3.05) is 11.0 Å². The Hall–Kier alpha value is -1.61. The monoisotopic (exact) mass is 214 g/mol. The predicted octanol–water partition coefficient (Wildman–Crippen LogP) is 1.75. The number of benzene rings is 1. The van der Waals surface area contributed by atoms with E-state index in [1.807, 2.05) is 4.72 Å². The summed E-state index contributed by atoms with van der Waals surface area (Å²) in [4.78, 5) is 3.00. The lowest BCUT2D eigenvalue weighted by molar-refractivity contribution is 0.604. The molecule has 6 heteroatoms. The molecule has 0 aliphatic rings. The fourth-order valence-corrected chi connectivity index (χ4v) is 1.42. The van der Waals surface area contributed by atoms with E-state index in [2.05, 4.69) is 4.85 Å². The maximum absolute atomic E-state index is 13.1. The van der Waals surface area contributed by atoms with Crippen LogP contribution in [-0.4, -0.2) is 14.7 Å². The van der Waals surface area contributed by atoms with Crippen molar-refractivity contribution in [1.29, 1.82) is 0 Å². The van der Waals surface area contributed by atoms with Gasteiger partial charge in [0.25, 0.3) is 0 Å². The molecule has 0 aromatic heterocycles. The van der Waals surface area contributed by atoms with Crippen molar-refractivity contribution in [2.24, 2.45) is 0 Å². The number of halogens is 1. The number of nitrogens with one attached hydrogen (secondary N) is 1. The minimum atomic E-state index is -3.49. The molecule has 1 rings (SSSR count). The zero-order valence-corrected chi connectivity index (χ0v) is 8.10. The third-order valence-corrected chi connectivity index (χ3v) is 1.97. The van der Waals surface area contributed by atoms with Crippen molar-refractivity contribution in [3.05, 3.63) is 35.4 Å². The summed E-state index contributed by atoms with van der Waals surface area (Å²) in [5, 5.41) is 0. The summed E-state index contributed by atoms with van der Waals surface area (Å²) in [5.41, 5.74) is -0.0264. The Morgan fingerprint density at radius 2 is 2.14 bits per heavy atom. The number of rotatable bonds is 2. The Morgan fingerprint density at radius 1 is 1.50 bits per heavy atom. The van der Waals surface area contributed by atoms with Gasteiger partial charge in [0.05, 0.1) is 18.5 Å². The molecular weight excluding hydrogens is 207 g/mol. The van der Waals surface area contributed by atoms with Gasteiger partial charge in [0.2, 0.25) is 10.0 Å². The first kappa shape index (κ1) is 10.5. The fraction of sp³-hybridized carbons (Fsp3) is 0.125. The highest BCUT2D eigenvalue weighted by atomic mass is 32.2. The highest BCUT2D eigenvalue weighted by Gasteiger charge is 2.07. The molecule has 0 saturated carbocycles. The lowest BCUT2D eigenvalue weighted by atomic mass is 10.3. The molecule has 0 aliphatic carbocycles. The van der Waals surface area contributed by atoms with Crippen LogP contribution < -0.4 is 4.72 Å². The van der Waals surface area contributed by atoms with Crippen molar-refractivity contribution < 1.29 is 12.8 Å². The Kier molecular flexibility index (Phi) is 2.72. The fourth-order valence-electron chi connectivity index (χ4n) is 0.856. The van der Waals surface area contributed by atoms with Crippen LogP contribution in [0, 0.1) is 12.4 Å². The Labute approximate surface area is 81.2 Å². The standard InChI is InChI=1S/C8H7FN2O2S/c1-10-6-3-4-8(7(9)5-6)11-14(2,12)13/h3-5,11H,2H3. The molecule has 14 heavy (non-hydrogen) atoms. The van der Waals surface area contributed by atoms with Gasteiger partial charge >= 0.3 is 0 Å². The Balaban J connectivity index is 3.09. The highest BCUT2D eigenvalue weighted by Crippen LogP contribution is 2.21. The first-order valence-electron chi connectivity index (χ1n) is 3.57. The molecule has 1 aromatic rings. The summed E-state index contributed by atoms with van der Waals surface area (Å²) >= 11 is 0. The van der Waals surface area contributed by atoms with Gasteiger partial charge in [-0.2, -0.15) is 0 Å². The van der Waals surface area contributed by atoms with Crippen LogP contribution in [-0.2, 0) is 10.0 Å². The molecule has 0 atom stereocenters. The highest BCUT2D eigenvalue weighted by molar-refractivity contribution is 7.92. The van der Waals surface area contributed by atoms with E-state index in [1.165, 1.54) is 12.1 Å². The molecule has 0 radical (unpaired) electrons. The molecule has 0 fully saturated rings. The molecular formula is C8H7FN2O2S. The minimum absolute atomic E-state index is 0.126. The van der Waals surface area contributed by atoms with E-state index < -0.39 is 15.8 Å². The first-order chi connectivity index (χ1) is 6.42. The van der Waals surface area contributed by atoms with Crippen molar-refractivity contribution in [3.63, 3.8) is 0 Å². The molecule has 1 aromatic carbocycles. The predicted molar refractivity (Wildman–Crippen MR) is 51.1 cm³/mol. The summed E-state index contributed by atoms with van der Waals surface area (Å²) in [6.07, 6.45) is 0.926. The summed E-state index contributed by atoms with van der Waals surface area (Å²) in [6.45, 7) is 6.61. The van der Waals surface area contributed by atoms with E-state index in [0.717, 1.165) is 12.3 Å². The van der Waals surface area contributed by atoms with E-state index in [-0.39, 0.29) is 11.4 Å². The van der Waals surface area contributed by atoms with Crippen LogP contribution in [0.1, 0.15) is 0 Å². The van der Waals surface area contributed by atoms with Crippen molar-refractivity contribution in [3.8, 4) is 0 Å². The molecule has 4 nitrogen and oxygen atoms in total. The second-order valence-electron chi connectivity index (χ2n) is 2.65. The van der Waals surface area contributed by atoms with Gasteiger partial charge in [0.15, 0.2) is 5.69 Å². The lowest BCUT2D eigenvalue weighted by Crippen LogP contribution is -2.10. The van der Waals surface area contributed by atoms with Gasteiger partial charge in [-0.05, 0) is 12.1 Å². The maximum atomic E-state index is 13.1. The van der Waals surface area contributed by atoms with E-state index >= 15 is 0 Å². The van der Waals surface area contributed by atoms with Gasteiger partial charge < -0.3 is 0 Å². The molecule has 74 valence electrons. The zero-order valence-electron chi connectivity index (χ0n) is 7.28. The van der Waals surface area contributed by atoms with Gasteiger partial charge in [0.1, 0.15) is 5.82 Å². The second-order valence-corrected chi connectivity index (χ2v) is 4.40. The van der Waals surface area contributed by atoms with Crippen LogP contribution in [0.4, 0.5) is 15.8 Å². The lowest BCUT2D eigenvalue weighted by Gasteiger charge is -2.04. The number of hydrogen-bond donors (Lipinski definition) is 1. The number of nitrogens with zero attached hydrogens (tertiary/aromatic N) is 1. The molecule has 1 N–H and O–H groups in total. The average Bonchev–Trinajstić information content (AvgIpc) is 2.06. The van der Waals surface area contributed by atoms with Crippen molar-refractivity contribution in [1.82, 2.24) is 0 Å². The molecule has 0 amide bonds. The quantitative estimate of drug-likeness (QED) is 0.762. The first-order valence-corrected chi connectivity index (χ1v) is 5.46. The van der Waals surface area contributed by atoms with Crippen LogP contribution in [0.15, 0.2) is 18.2 Å². The molecule has 0 unspecified atom stereocenters.